The number of carboxylic acids is 1. The highest BCUT2D eigenvalue weighted by Crippen LogP contribution is 2.78. The lowest BCUT2D eigenvalue weighted by atomic mass is 9.37. The molecule has 1 aromatic rings. The zero-order valence-electron chi connectivity index (χ0n) is 20.4. The number of carbonyl (C=O) groups is 3. The standard InChI is InChI=1S/C26H32O9/c1-22(2)15-9-16(27)24(4)14(25(15)12-33-18(28)10-17(25)34-22)5-7-23(3,19(29)13-6-8-32-11-13)26(24)20(35-26)21(30)31/h6,8,11,14-15,17,19-20,29H,5,7,9-10,12H2,1-4H3,(H,30,31)/t14-,15-,17+,19-,20+,23-,24-,25-,26+/m1/s1. The molecule has 6 rings (SSSR count). The van der Waals surface area contributed by atoms with Gasteiger partial charge in [-0.15, -0.1) is 0 Å². The first kappa shape index (κ1) is 23.2. The summed E-state index contributed by atoms with van der Waals surface area (Å²) in [6.07, 6.45) is 1.37. The van der Waals surface area contributed by atoms with Crippen LogP contribution in [0.15, 0.2) is 23.0 Å². The highest BCUT2D eigenvalue weighted by atomic mass is 16.6. The van der Waals surface area contributed by atoms with Gasteiger partial charge in [0.15, 0.2) is 6.10 Å². The van der Waals surface area contributed by atoms with Crippen LogP contribution < -0.4 is 0 Å². The molecule has 0 radical (unpaired) electrons. The zero-order valence-corrected chi connectivity index (χ0v) is 20.4. The van der Waals surface area contributed by atoms with Crippen molar-refractivity contribution in [2.75, 3.05) is 6.61 Å². The minimum Gasteiger partial charge on any atom is -0.479 e. The largest absolute Gasteiger partial charge is 0.479 e. The smallest absolute Gasteiger partial charge is 0.335 e. The van der Waals surface area contributed by atoms with Crippen molar-refractivity contribution in [1.29, 1.82) is 0 Å². The number of Topliss-reactive ketones (excluding diaryl/α,β-unsaturated/α-hetero) is 1. The first-order valence-electron chi connectivity index (χ1n) is 12.3. The maximum absolute atomic E-state index is 14.2. The molecule has 0 bridgehead atoms. The number of hydrogen-bond donors (Lipinski definition) is 2. The van der Waals surface area contributed by atoms with Crippen LogP contribution >= 0.6 is 0 Å². The molecule has 0 amide bonds. The molecule has 9 atom stereocenters. The predicted octanol–water partition coefficient (Wildman–Crippen LogP) is 2.66. The lowest BCUT2D eigenvalue weighted by molar-refractivity contribution is -0.218. The van der Waals surface area contributed by atoms with E-state index in [-0.39, 0.29) is 43.0 Å². The number of esters is 1. The van der Waals surface area contributed by atoms with E-state index in [0.717, 1.165) is 0 Å². The van der Waals surface area contributed by atoms with E-state index in [1.807, 2.05) is 27.7 Å². The SMILES string of the molecule is CC1(C)O[C@H]2CC(=O)OC[C@@]23[C@@H]1CC(=O)[C@@]1(C)[C@H]3CC[C@](C)([C@H](O)c2ccoc2)[C@]12O[C@H]2C(=O)O. The summed E-state index contributed by atoms with van der Waals surface area (Å²) in [5.74, 6) is -2.08. The summed E-state index contributed by atoms with van der Waals surface area (Å²) in [6, 6.07) is 1.65. The van der Waals surface area contributed by atoms with Crippen molar-refractivity contribution in [3.8, 4) is 0 Å². The van der Waals surface area contributed by atoms with E-state index in [0.29, 0.717) is 18.4 Å². The first-order valence-corrected chi connectivity index (χ1v) is 12.3. The predicted molar refractivity (Wildman–Crippen MR) is 118 cm³/mol. The minimum atomic E-state index is -1.43. The Kier molecular flexibility index (Phi) is 4.47. The summed E-state index contributed by atoms with van der Waals surface area (Å²) in [5.41, 5.74) is -4.49. The minimum absolute atomic E-state index is 0.0820. The second-order valence-electron chi connectivity index (χ2n) is 12.1. The van der Waals surface area contributed by atoms with Gasteiger partial charge in [0.2, 0.25) is 0 Å². The molecule has 9 heteroatoms. The molecule has 3 saturated heterocycles. The Morgan fingerprint density at radius 2 is 1.86 bits per heavy atom. The van der Waals surface area contributed by atoms with E-state index in [4.69, 9.17) is 18.6 Å². The van der Waals surface area contributed by atoms with Gasteiger partial charge < -0.3 is 28.8 Å². The molecule has 0 aromatic carbocycles. The lowest BCUT2D eigenvalue weighted by Gasteiger charge is -2.64. The number of ether oxygens (including phenoxy) is 3. The van der Waals surface area contributed by atoms with E-state index in [9.17, 15) is 24.6 Å². The summed E-state index contributed by atoms with van der Waals surface area (Å²) in [4.78, 5) is 38.9. The van der Waals surface area contributed by atoms with Gasteiger partial charge in [0, 0.05) is 28.7 Å². The highest BCUT2D eigenvalue weighted by molar-refractivity contribution is 5.92. The average molecular weight is 489 g/mol. The lowest BCUT2D eigenvalue weighted by Crippen LogP contribution is -2.71. The van der Waals surface area contributed by atoms with Gasteiger partial charge in [0.1, 0.15) is 18.0 Å². The Hall–Kier alpha value is -2.23. The topological polar surface area (TPSA) is 136 Å². The molecule has 2 saturated carbocycles. The van der Waals surface area contributed by atoms with Crippen LogP contribution in [0.4, 0.5) is 0 Å². The highest BCUT2D eigenvalue weighted by Gasteiger charge is 2.87. The third-order valence-corrected chi connectivity index (χ3v) is 10.6. The fourth-order valence-corrected chi connectivity index (χ4v) is 8.99. The van der Waals surface area contributed by atoms with Crippen molar-refractivity contribution in [2.24, 2.45) is 28.1 Å². The summed E-state index contributed by atoms with van der Waals surface area (Å²) in [7, 11) is 0. The van der Waals surface area contributed by atoms with Gasteiger partial charge in [0.25, 0.3) is 0 Å². The fourth-order valence-electron chi connectivity index (χ4n) is 8.99. The number of aliphatic carboxylic acids is 1. The molecular formula is C26H32O9. The number of carboxylic acid groups (broad SMARTS) is 1. The van der Waals surface area contributed by atoms with Crippen LogP contribution in [0, 0.1) is 28.1 Å². The third kappa shape index (κ3) is 2.47. The Balaban J connectivity index is 1.53. The van der Waals surface area contributed by atoms with Crippen LogP contribution in [0.3, 0.4) is 0 Å². The normalized spacial score (nSPS) is 48.5. The molecule has 3 aliphatic heterocycles. The Bertz CT molecular complexity index is 1110. The van der Waals surface area contributed by atoms with Crippen molar-refractivity contribution in [1.82, 2.24) is 0 Å². The Morgan fingerprint density at radius 1 is 1.11 bits per heavy atom. The number of aliphatic hydroxyl groups excluding tert-OH is 1. The number of epoxide rings is 1. The van der Waals surface area contributed by atoms with Crippen molar-refractivity contribution in [2.45, 2.75) is 82.9 Å². The second-order valence-corrected chi connectivity index (χ2v) is 12.1. The molecule has 5 aliphatic rings. The maximum Gasteiger partial charge on any atom is 0.335 e. The van der Waals surface area contributed by atoms with Gasteiger partial charge in [-0.2, -0.15) is 0 Å². The van der Waals surface area contributed by atoms with Crippen molar-refractivity contribution >= 4 is 17.7 Å². The van der Waals surface area contributed by atoms with Crippen LogP contribution in [0.25, 0.3) is 0 Å². The van der Waals surface area contributed by atoms with Gasteiger partial charge in [-0.1, -0.05) is 6.92 Å². The molecule has 190 valence electrons. The summed E-state index contributed by atoms with van der Waals surface area (Å²) in [6.45, 7) is 7.67. The van der Waals surface area contributed by atoms with Crippen LogP contribution in [-0.4, -0.2) is 58.0 Å². The monoisotopic (exact) mass is 488 g/mol. The molecule has 35 heavy (non-hydrogen) atoms. The summed E-state index contributed by atoms with van der Waals surface area (Å²) >= 11 is 0. The molecule has 4 heterocycles. The summed E-state index contributed by atoms with van der Waals surface area (Å²) in [5, 5.41) is 21.7. The number of aliphatic hydroxyl groups is 1. The van der Waals surface area contributed by atoms with Gasteiger partial charge in [0.05, 0.1) is 42.2 Å². The molecular weight excluding hydrogens is 456 g/mol. The number of hydrogen-bond acceptors (Lipinski definition) is 8. The second kappa shape index (κ2) is 6.75. The zero-order chi connectivity index (χ0) is 25.2. The van der Waals surface area contributed by atoms with Crippen LogP contribution in [0.5, 0.6) is 0 Å². The molecule has 2 aliphatic carbocycles. The first-order chi connectivity index (χ1) is 16.4. The van der Waals surface area contributed by atoms with E-state index < -0.39 is 51.7 Å². The van der Waals surface area contributed by atoms with E-state index >= 15 is 0 Å². The van der Waals surface area contributed by atoms with Crippen LogP contribution in [-0.2, 0) is 28.6 Å². The molecule has 0 unspecified atom stereocenters. The number of cyclic esters (lactones) is 1. The molecule has 2 N–H and O–H groups in total. The van der Waals surface area contributed by atoms with Crippen molar-refractivity contribution < 1.29 is 43.2 Å². The Labute approximate surface area is 203 Å². The van der Waals surface area contributed by atoms with E-state index in [1.165, 1.54) is 12.5 Å². The van der Waals surface area contributed by atoms with Crippen molar-refractivity contribution in [3.05, 3.63) is 24.2 Å². The van der Waals surface area contributed by atoms with Crippen molar-refractivity contribution in [3.63, 3.8) is 0 Å². The number of fused-ring (bicyclic) bond motifs is 2. The average Bonchev–Trinajstić information content (AvgIpc) is 3.25. The number of carbonyl (C=O) groups excluding carboxylic acids is 2. The van der Waals surface area contributed by atoms with E-state index in [2.05, 4.69) is 0 Å². The Morgan fingerprint density at radius 3 is 2.49 bits per heavy atom. The number of furan rings is 1. The van der Waals surface area contributed by atoms with Gasteiger partial charge in [-0.05, 0) is 45.6 Å². The van der Waals surface area contributed by atoms with E-state index in [1.54, 1.807) is 6.07 Å². The van der Waals surface area contributed by atoms with Crippen LogP contribution in [0.1, 0.15) is 65.0 Å². The quantitative estimate of drug-likeness (QED) is 0.486. The molecule has 2 spiro atoms. The summed E-state index contributed by atoms with van der Waals surface area (Å²) < 4.78 is 23.4. The third-order valence-electron chi connectivity index (χ3n) is 10.6. The molecule has 9 nitrogen and oxygen atoms in total. The maximum atomic E-state index is 14.2. The van der Waals surface area contributed by atoms with Crippen LogP contribution in [0.2, 0.25) is 0 Å². The number of rotatable bonds is 3. The molecule has 5 fully saturated rings. The van der Waals surface area contributed by atoms with Gasteiger partial charge in [-0.3, -0.25) is 9.59 Å². The van der Waals surface area contributed by atoms with Gasteiger partial charge in [-0.25, -0.2) is 4.79 Å². The fraction of sp³-hybridized carbons (Fsp3) is 0.731. The number of ketones is 1. The van der Waals surface area contributed by atoms with Gasteiger partial charge >= 0.3 is 11.9 Å². The molecule has 1 aromatic heterocycles.